The van der Waals surface area contributed by atoms with Crippen molar-refractivity contribution in [2.75, 3.05) is 12.8 Å². The van der Waals surface area contributed by atoms with Gasteiger partial charge in [0, 0.05) is 24.2 Å². The topological polar surface area (TPSA) is 83.4 Å². The molecule has 0 radical (unpaired) electrons. The lowest BCUT2D eigenvalue weighted by Gasteiger charge is -2.20. The first-order valence-electron chi connectivity index (χ1n) is 8.67. The summed E-state index contributed by atoms with van der Waals surface area (Å²) in [5.74, 6) is 0.596. The van der Waals surface area contributed by atoms with Crippen LogP contribution in [0, 0.1) is 0 Å². The van der Waals surface area contributed by atoms with Crippen molar-refractivity contribution in [1.29, 1.82) is 0 Å². The van der Waals surface area contributed by atoms with Crippen LogP contribution in [0.2, 0.25) is 0 Å². The maximum atomic E-state index is 12.6. The summed E-state index contributed by atoms with van der Waals surface area (Å²) in [6.07, 6.45) is 3.53. The van der Waals surface area contributed by atoms with Crippen LogP contribution in [0.4, 0.5) is 0 Å². The zero-order valence-corrected chi connectivity index (χ0v) is 19.8. The molecule has 0 saturated carbocycles. The number of nitrogens with zero attached hydrogens (tertiary/aromatic N) is 2. The number of aryl methyl sites for hydroxylation is 1. The summed E-state index contributed by atoms with van der Waals surface area (Å²) in [6, 6.07) is 8.31. The van der Waals surface area contributed by atoms with Crippen LogP contribution in [-0.2, 0) is 22.8 Å². The van der Waals surface area contributed by atoms with Crippen LogP contribution < -0.4 is 10.6 Å². The Morgan fingerprint density at radius 1 is 1.26 bits per heavy atom. The quantitative estimate of drug-likeness (QED) is 0.316. The number of guanidine groups is 1. The molecule has 0 saturated heterocycles. The molecule has 27 heavy (non-hydrogen) atoms. The zero-order chi connectivity index (χ0) is 19.0. The van der Waals surface area contributed by atoms with Crippen molar-refractivity contribution in [2.24, 2.45) is 4.99 Å². The van der Waals surface area contributed by atoms with Crippen LogP contribution >= 0.6 is 35.3 Å². The second-order valence-electron chi connectivity index (χ2n) is 5.84. The third kappa shape index (κ3) is 7.38. The number of halogens is 1. The number of thiazole rings is 1. The van der Waals surface area contributed by atoms with Crippen molar-refractivity contribution < 1.29 is 8.42 Å². The summed E-state index contributed by atoms with van der Waals surface area (Å²) in [6.45, 7) is 4.62. The maximum Gasteiger partial charge on any atom is 0.191 e. The first-order valence-corrected chi connectivity index (χ1v) is 11.1. The fourth-order valence-electron chi connectivity index (χ4n) is 2.39. The normalized spacial score (nSPS) is 12.9. The lowest BCUT2D eigenvalue weighted by molar-refractivity contribution is 0.568. The summed E-state index contributed by atoms with van der Waals surface area (Å²) >= 11 is 1.67. The molecule has 1 heterocycles. The number of sulfone groups is 1. The molecule has 1 unspecified atom stereocenters. The Hall–Kier alpha value is -1.20. The summed E-state index contributed by atoms with van der Waals surface area (Å²) in [5, 5.41) is 7.39. The van der Waals surface area contributed by atoms with E-state index in [1.54, 1.807) is 42.6 Å². The largest absolute Gasteiger partial charge is 0.353 e. The lowest BCUT2D eigenvalue weighted by atomic mass is 10.3. The molecule has 2 N–H and O–H groups in total. The Labute approximate surface area is 182 Å². The van der Waals surface area contributed by atoms with Crippen molar-refractivity contribution in [3.8, 4) is 0 Å². The summed E-state index contributed by atoms with van der Waals surface area (Å²) in [5.41, 5.74) is 0. The molecular formula is C18H27IN4O2S2. The monoisotopic (exact) mass is 522 g/mol. The SMILES string of the molecule is CCc1cnc(CNC(=NC)NC(CC)CS(=O)(=O)c2ccccc2)s1.I. The highest BCUT2D eigenvalue weighted by Gasteiger charge is 2.21. The van der Waals surface area contributed by atoms with Crippen LogP contribution in [0.25, 0.3) is 0 Å². The molecule has 0 aliphatic carbocycles. The van der Waals surface area contributed by atoms with Crippen molar-refractivity contribution in [2.45, 2.75) is 44.2 Å². The molecule has 2 aromatic rings. The van der Waals surface area contributed by atoms with E-state index in [0.29, 0.717) is 23.8 Å². The predicted octanol–water partition coefficient (Wildman–Crippen LogP) is 3.24. The van der Waals surface area contributed by atoms with Gasteiger partial charge in [0.1, 0.15) is 5.01 Å². The number of hydrogen-bond donors (Lipinski definition) is 2. The van der Waals surface area contributed by atoms with Gasteiger partial charge in [-0.2, -0.15) is 0 Å². The number of nitrogens with one attached hydrogen (secondary N) is 2. The highest BCUT2D eigenvalue weighted by Crippen LogP contribution is 2.14. The van der Waals surface area contributed by atoms with Gasteiger partial charge < -0.3 is 10.6 Å². The number of aromatic nitrogens is 1. The second kappa shape index (κ2) is 11.6. The minimum Gasteiger partial charge on any atom is -0.353 e. The van der Waals surface area contributed by atoms with Crippen molar-refractivity contribution in [3.63, 3.8) is 0 Å². The predicted molar refractivity (Wildman–Crippen MR) is 123 cm³/mol. The fraction of sp³-hybridized carbons (Fsp3) is 0.444. The van der Waals surface area contributed by atoms with E-state index < -0.39 is 9.84 Å². The van der Waals surface area contributed by atoms with Crippen molar-refractivity contribution in [3.05, 3.63) is 46.4 Å². The number of benzene rings is 1. The molecular weight excluding hydrogens is 495 g/mol. The number of aliphatic imine (C=N–C) groups is 1. The van der Waals surface area contributed by atoms with Gasteiger partial charge in [0.25, 0.3) is 0 Å². The van der Waals surface area contributed by atoms with Gasteiger partial charge in [-0.15, -0.1) is 35.3 Å². The van der Waals surface area contributed by atoms with Gasteiger partial charge in [-0.3, -0.25) is 4.99 Å². The molecule has 9 heteroatoms. The summed E-state index contributed by atoms with van der Waals surface area (Å²) < 4.78 is 25.2. The van der Waals surface area contributed by atoms with Gasteiger partial charge in [0.15, 0.2) is 15.8 Å². The van der Waals surface area contributed by atoms with Gasteiger partial charge in [-0.25, -0.2) is 13.4 Å². The fourth-order valence-corrected chi connectivity index (χ4v) is 4.81. The maximum absolute atomic E-state index is 12.6. The summed E-state index contributed by atoms with van der Waals surface area (Å²) in [7, 11) is -1.67. The molecule has 0 aliphatic heterocycles. The molecule has 0 aliphatic rings. The molecule has 1 aromatic heterocycles. The van der Waals surface area contributed by atoms with Crippen LogP contribution in [0.1, 0.15) is 30.2 Å². The molecule has 0 fully saturated rings. The van der Waals surface area contributed by atoms with Gasteiger partial charge in [0.05, 0.1) is 17.2 Å². The van der Waals surface area contributed by atoms with E-state index in [0.717, 1.165) is 11.4 Å². The van der Waals surface area contributed by atoms with E-state index in [9.17, 15) is 8.42 Å². The van der Waals surface area contributed by atoms with Gasteiger partial charge in [-0.05, 0) is 25.0 Å². The first kappa shape index (κ1) is 23.8. The minimum atomic E-state index is -3.35. The van der Waals surface area contributed by atoms with Crippen LogP contribution in [0.5, 0.6) is 0 Å². The van der Waals surface area contributed by atoms with Crippen LogP contribution in [-0.4, -0.2) is 38.2 Å². The second-order valence-corrected chi connectivity index (χ2v) is 9.08. The highest BCUT2D eigenvalue weighted by atomic mass is 127. The Morgan fingerprint density at radius 2 is 1.96 bits per heavy atom. The molecule has 0 amide bonds. The van der Waals surface area contributed by atoms with E-state index >= 15 is 0 Å². The Morgan fingerprint density at radius 3 is 2.52 bits per heavy atom. The van der Waals surface area contributed by atoms with E-state index in [4.69, 9.17) is 0 Å². The molecule has 0 spiro atoms. The van der Waals surface area contributed by atoms with E-state index in [1.165, 1.54) is 4.88 Å². The van der Waals surface area contributed by atoms with E-state index in [2.05, 4.69) is 27.5 Å². The molecule has 150 valence electrons. The molecule has 1 atom stereocenters. The number of hydrogen-bond acceptors (Lipinski definition) is 5. The van der Waals surface area contributed by atoms with Gasteiger partial charge in [0.2, 0.25) is 0 Å². The number of rotatable bonds is 8. The van der Waals surface area contributed by atoms with Gasteiger partial charge in [-0.1, -0.05) is 32.0 Å². The zero-order valence-electron chi connectivity index (χ0n) is 15.8. The first-order chi connectivity index (χ1) is 12.5. The standard InChI is InChI=1S/C18H26N4O2S2.HI/c1-4-14(13-26(23,24)16-9-7-6-8-10-16)22-18(19-3)21-12-17-20-11-15(5-2)25-17;/h6-11,14H,4-5,12-13H2,1-3H3,(H2,19,21,22);1H. The molecule has 6 nitrogen and oxygen atoms in total. The highest BCUT2D eigenvalue weighted by molar-refractivity contribution is 14.0. The minimum absolute atomic E-state index is 0. The van der Waals surface area contributed by atoms with E-state index in [1.807, 2.05) is 19.2 Å². The molecule has 0 bridgehead atoms. The Bertz CT molecular complexity index is 823. The Balaban J connectivity index is 0.00000364. The third-order valence-corrected chi connectivity index (χ3v) is 6.91. The smallest absolute Gasteiger partial charge is 0.191 e. The third-order valence-electron chi connectivity index (χ3n) is 3.94. The molecule has 1 aromatic carbocycles. The van der Waals surface area contributed by atoms with Crippen molar-refractivity contribution in [1.82, 2.24) is 15.6 Å². The average Bonchev–Trinajstić information content (AvgIpc) is 3.13. The van der Waals surface area contributed by atoms with Gasteiger partial charge >= 0.3 is 0 Å². The lowest BCUT2D eigenvalue weighted by Crippen LogP contribution is -2.45. The molecule has 2 rings (SSSR count). The average molecular weight is 522 g/mol. The van der Waals surface area contributed by atoms with Crippen molar-refractivity contribution >= 4 is 51.1 Å². The van der Waals surface area contributed by atoms with E-state index in [-0.39, 0.29) is 35.8 Å². The van der Waals surface area contributed by atoms with Crippen LogP contribution in [0.3, 0.4) is 0 Å². The Kier molecular flexibility index (Phi) is 10.2. The van der Waals surface area contributed by atoms with Crippen LogP contribution in [0.15, 0.2) is 46.4 Å². The summed E-state index contributed by atoms with van der Waals surface area (Å²) in [4.78, 5) is 10.2.